The molecule has 1 aromatic rings. The zero-order chi connectivity index (χ0) is 21.4. The van der Waals surface area contributed by atoms with Gasteiger partial charge in [-0.25, -0.2) is 0 Å². The van der Waals surface area contributed by atoms with Crippen molar-refractivity contribution in [2.24, 2.45) is 0 Å². The molecule has 0 unspecified atom stereocenters. The summed E-state index contributed by atoms with van der Waals surface area (Å²) in [5.74, 6) is -1.12. The standard InChI is InChI=1S/C18H26F6O3Si/c1-3-25-16(27-28,26-4-2)9-7-5-6-8-13-10-14(17(19,20)21)12-15(11-13)18(22,23)24/h10-12H,3-9H2,1-2,28H3. The number of rotatable bonds is 11. The Morgan fingerprint density at radius 3 is 1.68 bits per heavy atom. The van der Waals surface area contributed by atoms with Gasteiger partial charge in [0.15, 0.2) is 10.5 Å². The van der Waals surface area contributed by atoms with E-state index in [4.69, 9.17) is 13.9 Å². The van der Waals surface area contributed by atoms with E-state index in [2.05, 4.69) is 0 Å². The molecular formula is C18H26F6O3Si. The monoisotopic (exact) mass is 432 g/mol. The third kappa shape index (κ3) is 7.73. The van der Waals surface area contributed by atoms with E-state index in [-0.39, 0.29) is 18.1 Å². The van der Waals surface area contributed by atoms with Gasteiger partial charge >= 0.3 is 12.4 Å². The Morgan fingerprint density at radius 2 is 1.29 bits per heavy atom. The summed E-state index contributed by atoms with van der Waals surface area (Å²) in [7, 11) is 0.399. The average Bonchev–Trinajstić information content (AvgIpc) is 2.60. The maximum Gasteiger partial charge on any atom is 0.416 e. The van der Waals surface area contributed by atoms with Gasteiger partial charge in [0, 0.05) is 19.6 Å². The van der Waals surface area contributed by atoms with E-state index in [9.17, 15) is 26.3 Å². The number of hydrogen-bond donors (Lipinski definition) is 0. The molecule has 0 bridgehead atoms. The van der Waals surface area contributed by atoms with Crippen LogP contribution in [0.4, 0.5) is 26.3 Å². The lowest BCUT2D eigenvalue weighted by Gasteiger charge is -2.31. The Bertz CT molecular complexity index is 566. The molecule has 0 heterocycles. The highest BCUT2D eigenvalue weighted by Crippen LogP contribution is 2.36. The molecule has 0 aliphatic heterocycles. The molecule has 0 fully saturated rings. The van der Waals surface area contributed by atoms with Crippen molar-refractivity contribution in [3.05, 3.63) is 34.9 Å². The number of alkyl halides is 6. The fourth-order valence-electron chi connectivity index (χ4n) is 2.86. The molecular weight excluding hydrogens is 406 g/mol. The minimum Gasteiger partial charge on any atom is -0.380 e. The zero-order valence-corrected chi connectivity index (χ0v) is 18.2. The van der Waals surface area contributed by atoms with Gasteiger partial charge in [-0.1, -0.05) is 6.42 Å². The molecule has 0 spiro atoms. The molecule has 0 aromatic heterocycles. The predicted molar refractivity (Wildman–Crippen MR) is 95.6 cm³/mol. The summed E-state index contributed by atoms with van der Waals surface area (Å²) in [6.45, 7) is 4.40. The molecule has 0 aliphatic rings. The van der Waals surface area contributed by atoms with Gasteiger partial charge in [-0.15, -0.1) is 0 Å². The highest BCUT2D eigenvalue weighted by molar-refractivity contribution is 5.98. The van der Waals surface area contributed by atoms with Crippen LogP contribution in [-0.4, -0.2) is 29.7 Å². The first-order valence-corrected chi connectivity index (χ1v) is 9.90. The lowest BCUT2D eigenvalue weighted by atomic mass is 10.00. The topological polar surface area (TPSA) is 27.7 Å². The van der Waals surface area contributed by atoms with Gasteiger partial charge in [-0.2, -0.15) is 26.3 Å². The largest absolute Gasteiger partial charge is 0.416 e. The smallest absolute Gasteiger partial charge is 0.380 e. The van der Waals surface area contributed by atoms with Crippen LogP contribution in [0, 0.1) is 0 Å². The van der Waals surface area contributed by atoms with Crippen LogP contribution in [0.2, 0.25) is 0 Å². The average molecular weight is 432 g/mol. The Labute approximate surface area is 163 Å². The Kier molecular flexibility index (Phi) is 9.45. The van der Waals surface area contributed by atoms with E-state index in [1.165, 1.54) is 0 Å². The second kappa shape index (κ2) is 10.6. The molecule has 3 nitrogen and oxygen atoms in total. The van der Waals surface area contributed by atoms with E-state index < -0.39 is 29.5 Å². The highest BCUT2D eigenvalue weighted by Gasteiger charge is 2.36. The minimum atomic E-state index is -4.83. The fraction of sp³-hybridized carbons (Fsp3) is 0.667. The summed E-state index contributed by atoms with van der Waals surface area (Å²) < 4.78 is 93.8. The van der Waals surface area contributed by atoms with E-state index >= 15 is 0 Å². The van der Waals surface area contributed by atoms with Crippen molar-refractivity contribution >= 4 is 10.5 Å². The van der Waals surface area contributed by atoms with Crippen molar-refractivity contribution in [3.8, 4) is 0 Å². The van der Waals surface area contributed by atoms with Gasteiger partial charge in [0.2, 0.25) is 0 Å². The first kappa shape index (κ1) is 24.9. The highest BCUT2D eigenvalue weighted by atomic mass is 28.2. The third-order valence-corrected chi connectivity index (χ3v) is 4.76. The van der Waals surface area contributed by atoms with Gasteiger partial charge in [0.25, 0.3) is 5.97 Å². The summed E-state index contributed by atoms with van der Waals surface area (Å²) >= 11 is 0. The number of halogens is 6. The number of benzene rings is 1. The van der Waals surface area contributed by atoms with Gasteiger partial charge in [0.05, 0.1) is 11.1 Å². The van der Waals surface area contributed by atoms with Crippen molar-refractivity contribution in [3.63, 3.8) is 0 Å². The van der Waals surface area contributed by atoms with Gasteiger partial charge < -0.3 is 13.9 Å². The molecule has 0 N–H and O–H groups in total. The van der Waals surface area contributed by atoms with Crippen LogP contribution in [-0.2, 0) is 32.7 Å². The maximum absolute atomic E-state index is 12.9. The normalized spacial score (nSPS) is 13.3. The van der Waals surface area contributed by atoms with E-state index in [0.717, 1.165) is 12.1 Å². The molecule has 10 heteroatoms. The minimum absolute atomic E-state index is 0.0159. The number of hydrogen-bond acceptors (Lipinski definition) is 3. The molecule has 0 aliphatic carbocycles. The van der Waals surface area contributed by atoms with Crippen molar-refractivity contribution in [1.82, 2.24) is 0 Å². The Balaban J connectivity index is 2.72. The molecule has 1 rings (SSSR count). The lowest BCUT2D eigenvalue weighted by molar-refractivity contribution is -0.344. The molecule has 0 amide bonds. The van der Waals surface area contributed by atoms with Gasteiger partial charge in [0.1, 0.15) is 0 Å². The van der Waals surface area contributed by atoms with Crippen LogP contribution < -0.4 is 0 Å². The van der Waals surface area contributed by atoms with Crippen molar-refractivity contribution in [2.45, 2.75) is 64.3 Å². The second-order valence-corrected chi connectivity index (χ2v) is 6.64. The Hall–Kier alpha value is -1.10. The summed E-state index contributed by atoms with van der Waals surface area (Å²) in [6.07, 6.45) is -7.47. The molecule has 0 saturated heterocycles. The fourth-order valence-corrected chi connectivity index (χ4v) is 3.30. The predicted octanol–water partition coefficient (Wildman–Crippen LogP) is 4.85. The maximum atomic E-state index is 12.9. The molecule has 0 atom stereocenters. The van der Waals surface area contributed by atoms with E-state index in [0.29, 0.717) is 49.4 Å². The summed E-state index contributed by atoms with van der Waals surface area (Å²) in [5.41, 5.74) is -2.55. The van der Waals surface area contributed by atoms with E-state index in [1.54, 1.807) is 13.8 Å². The van der Waals surface area contributed by atoms with Crippen molar-refractivity contribution < 1.29 is 40.2 Å². The second-order valence-electron chi connectivity index (χ2n) is 6.23. The molecule has 28 heavy (non-hydrogen) atoms. The van der Waals surface area contributed by atoms with Crippen molar-refractivity contribution in [1.29, 1.82) is 0 Å². The summed E-state index contributed by atoms with van der Waals surface area (Å²) in [5, 5.41) is 0. The zero-order valence-electron chi connectivity index (χ0n) is 16.2. The number of unbranched alkanes of at least 4 members (excludes halogenated alkanes) is 2. The van der Waals surface area contributed by atoms with Gasteiger partial charge in [-0.3, -0.25) is 0 Å². The lowest BCUT2D eigenvalue weighted by Crippen LogP contribution is -2.38. The molecule has 162 valence electrons. The quantitative estimate of drug-likeness (QED) is 0.217. The van der Waals surface area contributed by atoms with E-state index in [1.807, 2.05) is 0 Å². The summed E-state index contributed by atoms with van der Waals surface area (Å²) in [6, 6.07) is 1.70. The number of ether oxygens (including phenoxy) is 2. The van der Waals surface area contributed by atoms with Crippen LogP contribution in [0.25, 0.3) is 0 Å². The van der Waals surface area contributed by atoms with Crippen LogP contribution in [0.1, 0.15) is 56.2 Å². The third-order valence-electron chi connectivity index (χ3n) is 4.14. The van der Waals surface area contributed by atoms with Crippen LogP contribution in [0.3, 0.4) is 0 Å². The first-order chi connectivity index (χ1) is 13.0. The van der Waals surface area contributed by atoms with Crippen LogP contribution >= 0.6 is 0 Å². The van der Waals surface area contributed by atoms with Crippen molar-refractivity contribution in [2.75, 3.05) is 13.2 Å². The molecule has 0 saturated carbocycles. The SMILES string of the molecule is CCOC(CCCCCc1cc(C(F)(F)F)cc(C(F)(F)F)c1)(O[SiH3])OCC. The molecule has 1 aromatic carbocycles. The summed E-state index contributed by atoms with van der Waals surface area (Å²) in [4.78, 5) is 0. The van der Waals surface area contributed by atoms with Gasteiger partial charge in [-0.05, 0) is 56.9 Å². The Morgan fingerprint density at radius 1 is 0.786 bits per heavy atom. The first-order valence-electron chi connectivity index (χ1n) is 9.09. The molecule has 0 radical (unpaired) electrons. The van der Waals surface area contributed by atoms with Crippen LogP contribution in [0.5, 0.6) is 0 Å². The van der Waals surface area contributed by atoms with Crippen LogP contribution in [0.15, 0.2) is 18.2 Å². The number of aryl methyl sites for hydroxylation is 1.